The van der Waals surface area contributed by atoms with Gasteiger partial charge in [0.05, 0.1) is 0 Å². The Morgan fingerprint density at radius 3 is 2.58 bits per heavy atom. The molecule has 1 aliphatic carbocycles. The normalized spacial score (nSPS) is 19.3. The van der Waals surface area contributed by atoms with Crippen LogP contribution in [0.5, 0.6) is 0 Å². The number of nitrogens with zero attached hydrogens (tertiary/aromatic N) is 1. The van der Waals surface area contributed by atoms with Crippen molar-refractivity contribution in [3.63, 3.8) is 0 Å². The first kappa shape index (κ1) is 9.76. The lowest BCUT2D eigenvalue weighted by molar-refractivity contribution is 0.411. The highest BCUT2D eigenvalue weighted by Gasteiger charge is 2.19. The van der Waals surface area contributed by atoms with E-state index in [0.29, 0.717) is 0 Å². The van der Waals surface area contributed by atoms with Crippen molar-refractivity contribution >= 4 is 5.71 Å². The molecule has 0 bridgehead atoms. The summed E-state index contributed by atoms with van der Waals surface area (Å²) in [5.74, 6) is 0.853. The summed E-state index contributed by atoms with van der Waals surface area (Å²) in [6.07, 6.45) is 8.12. The van der Waals surface area contributed by atoms with Crippen LogP contribution < -0.4 is 0 Å². The molecule has 12 heavy (non-hydrogen) atoms. The summed E-state index contributed by atoms with van der Waals surface area (Å²) in [7, 11) is 0. The van der Waals surface area contributed by atoms with Crippen LogP contribution in [-0.4, -0.2) is 12.3 Å². The summed E-state index contributed by atoms with van der Waals surface area (Å²) in [5, 5.41) is 0. The fourth-order valence-electron chi connectivity index (χ4n) is 1.57. The zero-order valence-electron chi connectivity index (χ0n) is 8.47. The van der Waals surface area contributed by atoms with Crippen molar-refractivity contribution in [2.75, 3.05) is 6.54 Å². The van der Waals surface area contributed by atoms with Crippen molar-refractivity contribution < 1.29 is 0 Å². The third-order valence-electron chi connectivity index (χ3n) is 2.82. The molecule has 1 heteroatoms. The average Bonchev–Trinajstić information content (AvgIpc) is 1.95. The Balaban J connectivity index is 2.08. The highest BCUT2D eigenvalue weighted by atomic mass is 14.7. The first-order valence-electron chi connectivity index (χ1n) is 5.35. The lowest BCUT2D eigenvalue weighted by atomic mass is 9.82. The lowest BCUT2D eigenvalue weighted by Crippen LogP contribution is -2.19. The predicted octanol–water partition coefficient (Wildman–Crippen LogP) is 3.44. The van der Waals surface area contributed by atoms with Crippen molar-refractivity contribution in [1.82, 2.24) is 0 Å². The van der Waals surface area contributed by atoms with Gasteiger partial charge in [0.1, 0.15) is 0 Å². The van der Waals surface area contributed by atoms with Crippen molar-refractivity contribution in [3.8, 4) is 0 Å². The van der Waals surface area contributed by atoms with E-state index in [4.69, 9.17) is 0 Å². The maximum atomic E-state index is 4.60. The van der Waals surface area contributed by atoms with E-state index in [1.54, 1.807) is 0 Å². The van der Waals surface area contributed by atoms with Gasteiger partial charge < -0.3 is 0 Å². The summed E-state index contributed by atoms with van der Waals surface area (Å²) in [6.45, 7) is 5.51. The molecule has 0 aliphatic heterocycles. The largest absolute Gasteiger partial charge is 0.294 e. The Bertz CT molecular complexity index is 145. The van der Waals surface area contributed by atoms with Crippen molar-refractivity contribution in [2.24, 2.45) is 10.9 Å². The zero-order valence-corrected chi connectivity index (χ0v) is 8.47. The Kier molecular flexibility index (Phi) is 4.34. The smallest absolute Gasteiger partial charge is 0.0388 e. The van der Waals surface area contributed by atoms with E-state index in [1.807, 2.05) is 0 Å². The highest BCUT2D eigenvalue weighted by Crippen LogP contribution is 2.27. The van der Waals surface area contributed by atoms with Crippen LogP contribution in [0.3, 0.4) is 0 Å². The molecule has 0 aromatic heterocycles. The van der Waals surface area contributed by atoms with E-state index in [2.05, 4.69) is 18.8 Å². The minimum atomic E-state index is 0.853. The molecular weight excluding hydrogens is 146 g/mol. The van der Waals surface area contributed by atoms with Crippen molar-refractivity contribution in [2.45, 2.75) is 52.4 Å². The van der Waals surface area contributed by atoms with E-state index < -0.39 is 0 Å². The summed E-state index contributed by atoms with van der Waals surface area (Å²) in [5.41, 5.74) is 1.41. The molecule has 1 rings (SSSR count). The van der Waals surface area contributed by atoms with Crippen LogP contribution in [0, 0.1) is 5.92 Å². The van der Waals surface area contributed by atoms with Crippen LogP contribution in [0.2, 0.25) is 0 Å². The van der Waals surface area contributed by atoms with E-state index in [9.17, 15) is 0 Å². The molecule has 1 saturated carbocycles. The van der Waals surface area contributed by atoms with E-state index in [1.165, 1.54) is 44.2 Å². The fourth-order valence-corrected chi connectivity index (χ4v) is 1.57. The van der Waals surface area contributed by atoms with Gasteiger partial charge in [0.15, 0.2) is 0 Å². The number of aliphatic imine (C=N–C) groups is 1. The molecule has 1 aliphatic rings. The standard InChI is InChI=1S/C11H21N/c1-3-4-5-9-12-10(2)11-7-6-8-11/h11H,3-9H2,1-2H3. The molecule has 0 aromatic rings. The van der Waals surface area contributed by atoms with Crippen LogP contribution in [0.15, 0.2) is 4.99 Å². The maximum absolute atomic E-state index is 4.60. The highest BCUT2D eigenvalue weighted by molar-refractivity contribution is 5.84. The Morgan fingerprint density at radius 1 is 1.33 bits per heavy atom. The third kappa shape index (κ3) is 2.96. The van der Waals surface area contributed by atoms with Gasteiger partial charge in [-0.2, -0.15) is 0 Å². The van der Waals surface area contributed by atoms with E-state index >= 15 is 0 Å². The molecule has 0 amide bonds. The fraction of sp³-hybridized carbons (Fsp3) is 0.909. The quantitative estimate of drug-likeness (QED) is 0.439. The molecule has 0 spiro atoms. The second-order valence-corrected chi connectivity index (χ2v) is 3.86. The SMILES string of the molecule is CCCCCN=C(C)C1CCC1. The molecule has 0 saturated heterocycles. The van der Waals surface area contributed by atoms with Gasteiger partial charge in [-0.1, -0.05) is 26.2 Å². The number of hydrogen-bond donors (Lipinski definition) is 0. The Labute approximate surface area is 76.3 Å². The molecule has 0 atom stereocenters. The van der Waals surface area contributed by atoms with Crippen molar-refractivity contribution in [1.29, 1.82) is 0 Å². The first-order valence-corrected chi connectivity index (χ1v) is 5.35. The van der Waals surface area contributed by atoms with Gasteiger partial charge in [-0.15, -0.1) is 0 Å². The molecule has 0 unspecified atom stereocenters. The average molecular weight is 167 g/mol. The number of unbranched alkanes of at least 4 members (excludes halogenated alkanes) is 2. The van der Waals surface area contributed by atoms with E-state index in [-0.39, 0.29) is 0 Å². The van der Waals surface area contributed by atoms with Crippen molar-refractivity contribution in [3.05, 3.63) is 0 Å². The number of hydrogen-bond acceptors (Lipinski definition) is 1. The molecular formula is C11H21N. The van der Waals surface area contributed by atoms with Gasteiger partial charge in [-0.25, -0.2) is 0 Å². The van der Waals surface area contributed by atoms with Gasteiger partial charge in [0.25, 0.3) is 0 Å². The molecule has 0 aromatic carbocycles. The first-order chi connectivity index (χ1) is 5.84. The lowest BCUT2D eigenvalue weighted by Gasteiger charge is -2.25. The summed E-state index contributed by atoms with van der Waals surface area (Å²) < 4.78 is 0. The second-order valence-electron chi connectivity index (χ2n) is 3.86. The molecule has 70 valence electrons. The molecule has 0 radical (unpaired) electrons. The monoisotopic (exact) mass is 167 g/mol. The summed E-state index contributed by atoms with van der Waals surface area (Å²) >= 11 is 0. The van der Waals surface area contributed by atoms with Gasteiger partial charge in [0.2, 0.25) is 0 Å². The maximum Gasteiger partial charge on any atom is 0.0388 e. The van der Waals surface area contributed by atoms with Crippen LogP contribution >= 0.6 is 0 Å². The summed E-state index contributed by atoms with van der Waals surface area (Å²) in [4.78, 5) is 4.60. The zero-order chi connectivity index (χ0) is 8.81. The van der Waals surface area contributed by atoms with Gasteiger partial charge in [-0.3, -0.25) is 4.99 Å². The van der Waals surface area contributed by atoms with Crippen LogP contribution in [0.4, 0.5) is 0 Å². The van der Waals surface area contributed by atoms with E-state index in [0.717, 1.165) is 12.5 Å². The predicted molar refractivity (Wildman–Crippen MR) is 54.8 cm³/mol. The Morgan fingerprint density at radius 2 is 2.08 bits per heavy atom. The molecule has 1 nitrogen and oxygen atoms in total. The Hall–Kier alpha value is -0.330. The topological polar surface area (TPSA) is 12.4 Å². The van der Waals surface area contributed by atoms with Gasteiger partial charge in [-0.05, 0) is 32.1 Å². The van der Waals surface area contributed by atoms with Crippen LogP contribution in [0.1, 0.15) is 52.4 Å². The van der Waals surface area contributed by atoms with Gasteiger partial charge >= 0.3 is 0 Å². The molecule has 1 fully saturated rings. The minimum Gasteiger partial charge on any atom is -0.294 e. The van der Waals surface area contributed by atoms with Crippen LogP contribution in [0.25, 0.3) is 0 Å². The third-order valence-corrected chi connectivity index (χ3v) is 2.82. The number of rotatable bonds is 5. The molecule has 0 heterocycles. The molecule has 0 N–H and O–H groups in total. The minimum absolute atomic E-state index is 0.853. The second kappa shape index (κ2) is 5.34. The summed E-state index contributed by atoms with van der Waals surface area (Å²) in [6, 6.07) is 0. The van der Waals surface area contributed by atoms with Gasteiger partial charge in [0, 0.05) is 12.3 Å². The van der Waals surface area contributed by atoms with Crippen LogP contribution in [-0.2, 0) is 0 Å².